The quantitative estimate of drug-likeness (QED) is 0.775. The zero-order valence-corrected chi connectivity index (χ0v) is 12.1. The van der Waals surface area contributed by atoms with Crippen molar-refractivity contribution in [2.45, 2.75) is 20.0 Å². The molecule has 108 valence electrons. The molecule has 1 aromatic carbocycles. The lowest BCUT2D eigenvalue weighted by Gasteiger charge is -1.96. The van der Waals surface area contributed by atoms with Crippen molar-refractivity contribution in [2.75, 3.05) is 7.05 Å². The zero-order valence-electron chi connectivity index (χ0n) is 12.1. The van der Waals surface area contributed by atoms with Crippen molar-refractivity contribution in [1.82, 2.24) is 25.5 Å². The first-order valence-corrected chi connectivity index (χ1v) is 6.82. The van der Waals surface area contributed by atoms with E-state index < -0.39 is 0 Å². The van der Waals surface area contributed by atoms with Gasteiger partial charge in [-0.2, -0.15) is 4.80 Å². The van der Waals surface area contributed by atoms with Crippen molar-refractivity contribution in [3.8, 4) is 11.4 Å². The van der Waals surface area contributed by atoms with Crippen molar-refractivity contribution in [3.05, 3.63) is 53.5 Å². The fraction of sp³-hybridized carbons (Fsp3) is 0.267. The topological polar surface area (TPSA) is 68.8 Å². The number of nitrogens with zero attached hydrogens (tertiary/aromatic N) is 4. The van der Waals surface area contributed by atoms with Crippen LogP contribution in [0.3, 0.4) is 0 Å². The number of aryl methyl sites for hydroxylation is 1. The van der Waals surface area contributed by atoms with Crippen LogP contribution in [0, 0.1) is 6.92 Å². The molecule has 0 saturated carbocycles. The van der Waals surface area contributed by atoms with Crippen LogP contribution in [0.5, 0.6) is 0 Å². The molecule has 0 atom stereocenters. The first kappa shape index (κ1) is 13.5. The molecule has 0 aliphatic carbocycles. The van der Waals surface area contributed by atoms with Gasteiger partial charge < -0.3 is 9.73 Å². The third-order valence-corrected chi connectivity index (χ3v) is 3.19. The van der Waals surface area contributed by atoms with Gasteiger partial charge in [0.05, 0.1) is 6.54 Å². The van der Waals surface area contributed by atoms with E-state index in [9.17, 15) is 0 Å². The Morgan fingerprint density at radius 3 is 2.81 bits per heavy atom. The van der Waals surface area contributed by atoms with E-state index in [1.807, 2.05) is 50.4 Å². The maximum atomic E-state index is 5.78. The predicted molar refractivity (Wildman–Crippen MR) is 78.6 cm³/mol. The van der Waals surface area contributed by atoms with E-state index in [0.717, 1.165) is 22.6 Å². The van der Waals surface area contributed by atoms with Crippen molar-refractivity contribution in [3.63, 3.8) is 0 Å². The van der Waals surface area contributed by atoms with E-state index in [0.29, 0.717) is 18.9 Å². The fourth-order valence-corrected chi connectivity index (χ4v) is 2.16. The summed E-state index contributed by atoms with van der Waals surface area (Å²) < 4.78 is 5.78. The van der Waals surface area contributed by atoms with Crippen LogP contribution < -0.4 is 5.32 Å². The van der Waals surface area contributed by atoms with Gasteiger partial charge in [-0.1, -0.05) is 30.3 Å². The van der Waals surface area contributed by atoms with Crippen LogP contribution in [-0.4, -0.2) is 27.3 Å². The van der Waals surface area contributed by atoms with Gasteiger partial charge in [0, 0.05) is 5.56 Å². The average molecular weight is 283 g/mol. The normalized spacial score (nSPS) is 11.0. The third-order valence-electron chi connectivity index (χ3n) is 3.19. The summed E-state index contributed by atoms with van der Waals surface area (Å²) in [4.78, 5) is 1.55. The molecule has 21 heavy (non-hydrogen) atoms. The second-order valence-electron chi connectivity index (χ2n) is 4.86. The molecule has 6 heteroatoms. The Bertz CT molecular complexity index is 717. The third kappa shape index (κ3) is 3.00. The summed E-state index contributed by atoms with van der Waals surface area (Å²) in [6.45, 7) is 3.22. The standard InChI is InChI=1S/C15H17N5O/c1-11-8-13(21-14(11)9-16-2)10-20-18-15(17-19-20)12-6-4-3-5-7-12/h3-8,16H,9-10H2,1-2H3. The second kappa shape index (κ2) is 5.88. The van der Waals surface area contributed by atoms with Crippen molar-refractivity contribution < 1.29 is 4.42 Å². The minimum absolute atomic E-state index is 0.477. The summed E-state index contributed by atoms with van der Waals surface area (Å²) in [5.41, 5.74) is 2.08. The summed E-state index contributed by atoms with van der Waals surface area (Å²) in [6, 6.07) is 11.8. The summed E-state index contributed by atoms with van der Waals surface area (Å²) in [5, 5.41) is 15.6. The highest BCUT2D eigenvalue weighted by atomic mass is 16.3. The Morgan fingerprint density at radius 2 is 2.05 bits per heavy atom. The monoisotopic (exact) mass is 283 g/mol. The molecular weight excluding hydrogens is 266 g/mol. The smallest absolute Gasteiger partial charge is 0.204 e. The Morgan fingerprint density at radius 1 is 1.24 bits per heavy atom. The molecule has 0 bridgehead atoms. The van der Waals surface area contributed by atoms with Gasteiger partial charge in [0.1, 0.15) is 18.1 Å². The van der Waals surface area contributed by atoms with Gasteiger partial charge in [0.25, 0.3) is 0 Å². The molecule has 0 spiro atoms. The molecule has 0 fully saturated rings. The number of rotatable bonds is 5. The molecular formula is C15H17N5O. The maximum absolute atomic E-state index is 5.78. The van der Waals surface area contributed by atoms with Crippen LogP contribution >= 0.6 is 0 Å². The number of furan rings is 1. The molecule has 0 amide bonds. The number of benzene rings is 1. The molecule has 2 aromatic heterocycles. The van der Waals surface area contributed by atoms with Gasteiger partial charge in [-0.25, -0.2) is 0 Å². The maximum Gasteiger partial charge on any atom is 0.204 e. The summed E-state index contributed by atoms with van der Waals surface area (Å²) in [7, 11) is 1.90. The largest absolute Gasteiger partial charge is 0.462 e. The van der Waals surface area contributed by atoms with Gasteiger partial charge in [-0.15, -0.1) is 10.2 Å². The number of hydrogen-bond donors (Lipinski definition) is 1. The van der Waals surface area contributed by atoms with Crippen LogP contribution in [0.25, 0.3) is 11.4 Å². The zero-order chi connectivity index (χ0) is 14.7. The van der Waals surface area contributed by atoms with Crippen molar-refractivity contribution in [2.24, 2.45) is 0 Å². The van der Waals surface area contributed by atoms with E-state index in [2.05, 4.69) is 20.7 Å². The van der Waals surface area contributed by atoms with Gasteiger partial charge in [-0.05, 0) is 30.8 Å². The molecule has 2 heterocycles. The number of nitrogens with one attached hydrogen (secondary N) is 1. The number of hydrogen-bond acceptors (Lipinski definition) is 5. The van der Waals surface area contributed by atoms with Crippen LogP contribution in [0.1, 0.15) is 17.1 Å². The number of aromatic nitrogens is 4. The molecule has 0 radical (unpaired) electrons. The lowest BCUT2D eigenvalue weighted by Crippen LogP contribution is -2.05. The fourth-order valence-electron chi connectivity index (χ4n) is 2.16. The average Bonchev–Trinajstić information content (AvgIpc) is 3.08. The van der Waals surface area contributed by atoms with Gasteiger partial charge >= 0.3 is 0 Å². The van der Waals surface area contributed by atoms with E-state index in [-0.39, 0.29) is 0 Å². The van der Waals surface area contributed by atoms with E-state index in [1.165, 1.54) is 0 Å². The lowest BCUT2D eigenvalue weighted by molar-refractivity contribution is 0.419. The molecule has 3 rings (SSSR count). The van der Waals surface area contributed by atoms with Crippen LogP contribution in [0.2, 0.25) is 0 Å². The summed E-state index contributed by atoms with van der Waals surface area (Å²) >= 11 is 0. The Hall–Kier alpha value is -2.47. The Labute approximate surface area is 122 Å². The highest BCUT2D eigenvalue weighted by molar-refractivity contribution is 5.52. The summed E-state index contributed by atoms with van der Waals surface area (Å²) in [6.07, 6.45) is 0. The first-order valence-electron chi connectivity index (χ1n) is 6.82. The molecule has 1 N–H and O–H groups in total. The van der Waals surface area contributed by atoms with Gasteiger partial charge in [0.15, 0.2) is 0 Å². The predicted octanol–water partition coefficient (Wildman–Crippen LogP) is 2.01. The highest BCUT2D eigenvalue weighted by Gasteiger charge is 2.10. The van der Waals surface area contributed by atoms with Crippen molar-refractivity contribution >= 4 is 0 Å². The van der Waals surface area contributed by atoms with Gasteiger partial charge in [-0.3, -0.25) is 0 Å². The molecule has 0 aliphatic heterocycles. The SMILES string of the molecule is CNCc1oc(Cn2nnc(-c3ccccc3)n2)cc1C. The van der Waals surface area contributed by atoms with Crippen molar-refractivity contribution in [1.29, 1.82) is 0 Å². The van der Waals surface area contributed by atoms with Crippen LogP contribution in [-0.2, 0) is 13.1 Å². The molecule has 0 saturated heterocycles. The first-order chi connectivity index (χ1) is 10.3. The van der Waals surface area contributed by atoms with Gasteiger partial charge in [0.2, 0.25) is 5.82 Å². The Kier molecular flexibility index (Phi) is 3.79. The number of tetrazole rings is 1. The summed E-state index contributed by atoms with van der Waals surface area (Å²) in [5.74, 6) is 2.39. The van der Waals surface area contributed by atoms with Crippen LogP contribution in [0.4, 0.5) is 0 Å². The molecule has 0 aliphatic rings. The van der Waals surface area contributed by atoms with E-state index in [4.69, 9.17) is 4.42 Å². The van der Waals surface area contributed by atoms with E-state index >= 15 is 0 Å². The second-order valence-corrected chi connectivity index (χ2v) is 4.86. The minimum Gasteiger partial charge on any atom is -0.462 e. The molecule has 0 unspecified atom stereocenters. The lowest BCUT2D eigenvalue weighted by atomic mass is 10.2. The minimum atomic E-state index is 0.477. The highest BCUT2D eigenvalue weighted by Crippen LogP contribution is 2.16. The molecule has 3 aromatic rings. The van der Waals surface area contributed by atoms with Crippen LogP contribution in [0.15, 0.2) is 40.8 Å². The van der Waals surface area contributed by atoms with E-state index in [1.54, 1.807) is 4.80 Å². The Balaban J connectivity index is 1.77. The molecule has 6 nitrogen and oxygen atoms in total.